The van der Waals surface area contributed by atoms with Crippen LogP contribution in [-0.2, 0) is 0 Å². The SMILES string of the molecule is Cc1ccnc2c([N+](=O)[O-])c(F)ccc12. The smallest absolute Gasteiger partial charge is 0.258 e. The van der Waals surface area contributed by atoms with Gasteiger partial charge in [-0.2, -0.15) is 4.39 Å². The van der Waals surface area contributed by atoms with Gasteiger partial charge < -0.3 is 0 Å². The molecule has 0 aliphatic heterocycles. The molecule has 0 spiro atoms. The van der Waals surface area contributed by atoms with Gasteiger partial charge in [0.2, 0.25) is 5.82 Å². The monoisotopic (exact) mass is 206 g/mol. The standard InChI is InChI=1S/C10H7FN2O2/c1-6-4-5-12-9-7(6)2-3-8(11)10(9)13(14)15/h2-5H,1H3. The Bertz CT molecular complexity index is 554. The van der Waals surface area contributed by atoms with Crippen molar-refractivity contribution in [2.45, 2.75) is 6.92 Å². The van der Waals surface area contributed by atoms with Gasteiger partial charge in [0.25, 0.3) is 0 Å². The van der Waals surface area contributed by atoms with Crippen LogP contribution in [0.15, 0.2) is 24.4 Å². The molecule has 0 saturated carbocycles. The second kappa shape index (κ2) is 3.27. The number of hydrogen-bond donors (Lipinski definition) is 0. The predicted octanol–water partition coefficient (Wildman–Crippen LogP) is 2.59. The molecule has 1 aromatic heterocycles. The van der Waals surface area contributed by atoms with E-state index in [1.54, 1.807) is 13.0 Å². The van der Waals surface area contributed by atoms with E-state index in [2.05, 4.69) is 4.98 Å². The molecule has 5 heteroatoms. The lowest BCUT2D eigenvalue weighted by Gasteiger charge is -2.01. The quantitative estimate of drug-likeness (QED) is 0.532. The zero-order valence-electron chi connectivity index (χ0n) is 7.90. The van der Waals surface area contributed by atoms with E-state index in [1.165, 1.54) is 12.3 Å². The van der Waals surface area contributed by atoms with Crippen molar-refractivity contribution in [3.63, 3.8) is 0 Å². The first-order valence-corrected chi connectivity index (χ1v) is 4.29. The lowest BCUT2D eigenvalue weighted by molar-refractivity contribution is -0.385. The van der Waals surface area contributed by atoms with E-state index >= 15 is 0 Å². The first-order chi connectivity index (χ1) is 7.11. The lowest BCUT2D eigenvalue weighted by Crippen LogP contribution is -1.96. The maximum absolute atomic E-state index is 13.2. The van der Waals surface area contributed by atoms with Crippen LogP contribution < -0.4 is 0 Å². The maximum Gasteiger partial charge on any atom is 0.330 e. The van der Waals surface area contributed by atoms with Crippen LogP contribution in [0.1, 0.15) is 5.56 Å². The van der Waals surface area contributed by atoms with E-state index < -0.39 is 16.4 Å². The van der Waals surface area contributed by atoms with Gasteiger partial charge in [0.15, 0.2) is 5.52 Å². The average molecular weight is 206 g/mol. The van der Waals surface area contributed by atoms with Crippen LogP contribution in [0.2, 0.25) is 0 Å². The van der Waals surface area contributed by atoms with Crippen LogP contribution >= 0.6 is 0 Å². The van der Waals surface area contributed by atoms with Gasteiger partial charge >= 0.3 is 5.69 Å². The van der Waals surface area contributed by atoms with Crippen molar-refractivity contribution in [1.29, 1.82) is 0 Å². The number of nitrogens with zero attached hydrogens (tertiary/aromatic N) is 2. The zero-order valence-corrected chi connectivity index (χ0v) is 7.90. The Balaban J connectivity index is 2.94. The molecule has 0 aliphatic rings. The van der Waals surface area contributed by atoms with Crippen molar-refractivity contribution in [1.82, 2.24) is 4.98 Å². The number of halogens is 1. The van der Waals surface area contributed by atoms with E-state index in [4.69, 9.17) is 0 Å². The number of pyridine rings is 1. The third-order valence-electron chi connectivity index (χ3n) is 2.24. The summed E-state index contributed by atoms with van der Waals surface area (Å²) in [6.45, 7) is 1.80. The molecule has 0 unspecified atom stereocenters. The molecule has 1 heterocycles. The zero-order chi connectivity index (χ0) is 11.0. The van der Waals surface area contributed by atoms with Crippen molar-refractivity contribution >= 4 is 16.6 Å². The number of fused-ring (bicyclic) bond motifs is 1. The summed E-state index contributed by atoms with van der Waals surface area (Å²) in [6, 6.07) is 4.32. The van der Waals surface area contributed by atoms with Crippen LogP contribution in [0, 0.1) is 22.9 Å². The van der Waals surface area contributed by atoms with Gasteiger partial charge in [0, 0.05) is 11.6 Å². The Morgan fingerprint density at radius 2 is 2.13 bits per heavy atom. The van der Waals surface area contributed by atoms with Gasteiger partial charge in [-0.3, -0.25) is 10.1 Å². The normalized spacial score (nSPS) is 10.5. The fourth-order valence-electron chi connectivity index (χ4n) is 1.49. The van der Waals surface area contributed by atoms with Crippen molar-refractivity contribution < 1.29 is 9.31 Å². The molecule has 0 aliphatic carbocycles. The van der Waals surface area contributed by atoms with E-state index in [0.29, 0.717) is 5.39 Å². The van der Waals surface area contributed by atoms with Crippen molar-refractivity contribution in [3.05, 3.63) is 45.9 Å². The van der Waals surface area contributed by atoms with E-state index in [9.17, 15) is 14.5 Å². The fraction of sp³-hybridized carbons (Fsp3) is 0.100. The summed E-state index contributed by atoms with van der Waals surface area (Å²) < 4.78 is 13.2. The number of benzene rings is 1. The van der Waals surface area contributed by atoms with Gasteiger partial charge in [-0.05, 0) is 30.7 Å². The van der Waals surface area contributed by atoms with Crippen LogP contribution in [-0.4, -0.2) is 9.91 Å². The highest BCUT2D eigenvalue weighted by molar-refractivity contribution is 5.89. The molecule has 2 aromatic rings. The second-order valence-electron chi connectivity index (χ2n) is 3.18. The summed E-state index contributed by atoms with van der Waals surface area (Å²) in [4.78, 5) is 13.8. The number of nitro groups is 1. The van der Waals surface area contributed by atoms with Crippen molar-refractivity contribution in [2.24, 2.45) is 0 Å². The number of hydrogen-bond acceptors (Lipinski definition) is 3. The molecule has 0 radical (unpaired) electrons. The minimum atomic E-state index is -0.856. The summed E-state index contributed by atoms with van der Waals surface area (Å²) in [6.07, 6.45) is 1.43. The van der Waals surface area contributed by atoms with Crippen LogP contribution in [0.4, 0.5) is 10.1 Å². The van der Waals surface area contributed by atoms with Gasteiger partial charge in [0.1, 0.15) is 0 Å². The highest BCUT2D eigenvalue weighted by Gasteiger charge is 2.20. The molecule has 0 amide bonds. The molecular weight excluding hydrogens is 199 g/mol. The number of rotatable bonds is 1. The number of aromatic nitrogens is 1. The first-order valence-electron chi connectivity index (χ1n) is 4.29. The first kappa shape index (κ1) is 9.51. The lowest BCUT2D eigenvalue weighted by atomic mass is 10.1. The highest BCUT2D eigenvalue weighted by Crippen LogP contribution is 2.28. The maximum atomic E-state index is 13.2. The highest BCUT2D eigenvalue weighted by atomic mass is 19.1. The van der Waals surface area contributed by atoms with Gasteiger partial charge in [-0.1, -0.05) is 0 Å². The largest absolute Gasteiger partial charge is 0.330 e. The van der Waals surface area contributed by atoms with Gasteiger partial charge in [-0.15, -0.1) is 0 Å². The summed E-state index contributed by atoms with van der Waals surface area (Å²) in [5.41, 5.74) is 0.374. The molecule has 76 valence electrons. The molecule has 4 nitrogen and oxygen atoms in total. The predicted molar refractivity (Wildman–Crippen MR) is 53.1 cm³/mol. The summed E-state index contributed by atoms with van der Waals surface area (Å²) in [7, 11) is 0. The van der Waals surface area contributed by atoms with Crippen molar-refractivity contribution in [2.75, 3.05) is 0 Å². The summed E-state index contributed by atoms with van der Waals surface area (Å²) in [5.74, 6) is -0.856. The van der Waals surface area contributed by atoms with E-state index in [0.717, 1.165) is 11.6 Å². The van der Waals surface area contributed by atoms with Crippen molar-refractivity contribution in [3.8, 4) is 0 Å². The third-order valence-corrected chi connectivity index (χ3v) is 2.24. The minimum Gasteiger partial charge on any atom is -0.258 e. The molecule has 0 N–H and O–H groups in total. The topological polar surface area (TPSA) is 56.0 Å². The minimum absolute atomic E-state index is 0.0972. The number of aryl methyl sites for hydroxylation is 1. The molecule has 0 saturated heterocycles. The molecule has 0 fully saturated rings. The Kier molecular flexibility index (Phi) is 2.07. The summed E-state index contributed by atoms with van der Waals surface area (Å²) >= 11 is 0. The molecule has 2 rings (SSSR count). The molecule has 1 aromatic carbocycles. The van der Waals surface area contributed by atoms with Crippen LogP contribution in [0.3, 0.4) is 0 Å². The van der Waals surface area contributed by atoms with Crippen LogP contribution in [0.5, 0.6) is 0 Å². The summed E-state index contributed by atoms with van der Waals surface area (Å²) in [5, 5.41) is 11.3. The van der Waals surface area contributed by atoms with Crippen LogP contribution in [0.25, 0.3) is 10.9 Å². The Morgan fingerprint density at radius 3 is 2.80 bits per heavy atom. The second-order valence-corrected chi connectivity index (χ2v) is 3.18. The third kappa shape index (κ3) is 1.41. The molecule has 15 heavy (non-hydrogen) atoms. The molecule has 0 atom stereocenters. The van der Waals surface area contributed by atoms with E-state index in [1.807, 2.05) is 0 Å². The Hall–Kier alpha value is -2.04. The average Bonchev–Trinajstić information content (AvgIpc) is 2.17. The molecular formula is C10H7FN2O2. The Morgan fingerprint density at radius 1 is 1.40 bits per heavy atom. The fourth-order valence-corrected chi connectivity index (χ4v) is 1.49. The number of nitro benzene ring substituents is 1. The van der Waals surface area contributed by atoms with Gasteiger partial charge in [-0.25, -0.2) is 4.98 Å². The van der Waals surface area contributed by atoms with Gasteiger partial charge in [0.05, 0.1) is 4.92 Å². The Labute approximate surface area is 84.5 Å². The van der Waals surface area contributed by atoms with E-state index in [-0.39, 0.29) is 5.52 Å². The molecule has 0 bridgehead atoms.